The van der Waals surface area contributed by atoms with Crippen LogP contribution >= 0.6 is 11.8 Å². The Morgan fingerprint density at radius 3 is 2.75 bits per heavy atom. The molecule has 1 aromatic carbocycles. The lowest BCUT2D eigenvalue weighted by Crippen LogP contribution is -2.25. The molecule has 0 spiro atoms. The largest absolute Gasteiger partial charge is 0.490 e. The summed E-state index contributed by atoms with van der Waals surface area (Å²) in [6.45, 7) is 4.88. The van der Waals surface area contributed by atoms with Crippen molar-refractivity contribution in [2.24, 2.45) is 0 Å². The fraction of sp³-hybridized carbons (Fsp3) is 0.400. The van der Waals surface area contributed by atoms with Crippen molar-refractivity contribution in [2.45, 2.75) is 6.42 Å². The third kappa shape index (κ3) is 6.63. The van der Waals surface area contributed by atoms with Crippen molar-refractivity contribution in [3.05, 3.63) is 42.5 Å². The molecule has 5 heteroatoms. The molecule has 1 aromatic rings. The molecule has 0 fully saturated rings. The molecule has 0 saturated carbocycles. The van der Waals surface area contributed by atoms with Gasteiger partial charge in [0.1, 0.15) is 12.4 Å². The number of carbonyl (C=O) groups excluding carboxylic acids is 1. The van der Waals surface area contributed by atoms with E-state index in [1.54, 1.807) is 42.1 Å². The van der Waals surface area contributed by atoms with Crippen molar-refractivity contribution in [3.63, 3.8) is 0 Å². The zero-order valence-corrected chi connectivity index (χ0v) is 12.3. The SMILES string of the molecule is C=CCOc1ccc(C(=O)NCCSCCCO)cc1. The molecular formula is C15H21NO3S. The van der Waals surface area contributed by atoms with Crippen molar-refractivity contribution >= 4 is 17.7 Å². The quantitative estimate of drug-likeness (QED) is 0.513. The van der Waals surface area contributed by atoms with E-state index >= 15 is 0 Å². The van der Waals surface area contributed by atoms with E-state index in [0.717, 1.165) is 23.7 Å². The van der Waals surface area contributed by atoms with Gasteiger partial charge < -0.3 is 15.2 Å². The number of benzene rings is 1. The van der Waals surface area contributed by atoms with E-state index < -0.39 is 0 Å². The van der Waals surface area contributed by atoms with Gasteiger partial charge in [-0.25, -0.2) is 0 Å². The van der Waals surface area contributed by atoms with Gasteiger partial charge in [0.2, 0.25) is 0 Å². The number of amides is 1. The second-order valence-corrected chi connectivity index (χ2v) is 5.29. The summed E-state index contributed by atoms with van der Waals surface area (Å²) < 4.78 is 5.35. The highest BCUT2D eigenvalue weighted by atomic mass is 32.2. The number of nitrogens with one attached hydrogen (secondary N) is 1. The first-order valence-corrected chi connectivity index (χ1v) is 7.74. The number of hydrogen-bond donors (Lipinski definition) is 2. The van der Waals surface area contributed by atoms with Crippen molar-refractivity contribution in [2.75, 3.05) is 31.3 Å². The number of carbonyl (C=O) groups is 1. The molecule has 110 valence electrons. The second-order valence-electron chi connectivity index (χ2n) is 4.07. The molecule has 0 heterocycles. The predicted octanol–water partition coefficient (Wildman–Crippen LogP) is 2.10. The van der Waals surface area contributed by atoms with Crippen molar-refractivity contribution in [3.8, 4) is 5.75 Å². The van der Waals surface area contributed by atoms with Crippen LogP contribution in [0.25, 0.3) is 0 Å². The lowest BCUT2D eigenvalue weighted by Gasteiger charge is -2.06. The minimum absolute atomic E-state index is 0.0805. The molecule has 0 aromatic heterocycles. The van der Waals surface area contributed by atoms with Crippen molar-refractivity contribution in [1.82, 2.24) is 5.32 Å². The van der Waals surface area contributed by atoms with Crippen molar-refractivity contribution < 1.29 is 14.6 Å². The number of aliphatic hydroxyl groups is 1. The van der Waals surface area contributed by atoms with Crippen LogP contribution in [0.3, 0.4) is 0 Å². The Labute approximate surface area is 124 Å². The summed E-state index contributed by atoms with van der Waals surface area (Å²) in [5, 5.41) is 11.5. The van der Waals surface area contributed by atoms with E-state index in [2.05, 4.69) is 11.9 Å². The van der Waals surface area contributed by atoms with Gasteiger partial charge in [0.05, 0.1) is 0 Å². The van der Waals surface area contributed by atoms with Gasteiger partial charge in [-0.15, -0.1) is 0 Å². The molecule has 0 aliphatic rings. The first-order valence-electron chi connectivity index (χ1n) is 6.58. The standard InChI is InChI=1S/C15H21NO3S/c1-2-10-19-14-6-4-13(5-7-14)15(18)16-8-12-20-11-3-9-17/h2,4-7,17H,1,3,8-12H2,(H,16,18). The average molecular weight is 295 g/mol. The molecule has 0 radical (unpaired) electrons. The highest BCUT2D eigenvalue weighted by Crippen LogP contribution is 2.12. The number of aliphatic hydroxyl groups excluding tert-OH is 1. The van der Waals surface area contributed by atoms with Crippen LogP contribution in [0.15, 0.2) is 36.9 Å². The fourth-order valence-electron chi connectivity index (χ4n) is 1.47. The van der Waals surface area contributed by atoms with Crippen LogP contribution in [-0.4, -0.2) is 42.3 Å². The van der Waals surface area contributed by atoms with Gasteiger partial charge >= 0.3 is 0 Å². The zero-order chi connectivity index (χ0) is 14.6. The number of ether oxygens (including phenoxy) is 1. The molecule has 0 aliphatic heterocycles. The third-order valence-electron chi connectivity index (χ3n) is 2.46. The third-order valence-corrected chi connectivity index (χ3v) is 3.53. The normalized spacial score (nSPS) is 10.1. The van der Waals surface area contributed by atoms with Crippen LogP contribution in [0.2, 0.25) is 0 Å². The second kappa shape index (κ2) is 10.3. The summed E-state index contributed by atoms with van der Waals surface area (Å²) in [4.78, 5) is 11.8. The van der Waals surface area contributed by atoms with Gasteiger partial charge in [0.25, 0.3) is 5.91 Å². The molecule has 0 bridgehead atoms. The minimum atomic E-state index is -0.0805. The van der Waals surface area contributed by atoms with Crippen LogP contribution in [0, 0.1) is 0 Å². The predicted molar refractivity (Wildman–Crippen MR) is 83.5 cm³/mol. The summed E-state index contributed by atoms with van der Waals surface area (Å²) in [6.07, 6.45) is 2.47. The molecule has 4 nitrogen and oxygen atoms in total. The fourth-order valence-corrected chi connectivity index (χ4v) is 2.25. The Bertz CT molecular complexity index is 406. The summed E-state index contributed by atoms with van der Waals surface area (Å²) >= 11 is 1.72. The van der Waals surface area contributed by atoms with E-state index in [9.17, 15) is 4.79 Å². The van der Waals surface area contributed by atoms with Crippen molar-refractivity contribution in [1.29, 1.82) is 0 Å². The van der Waals surface area contributed by atoms with Gasteiger partial charge in [-0.1, -0.05) is 12.7 Å². The monoisotopic (exact) mass is 295 g/mol. The maximum absolute atomic E-state index is 11.8. The Balaban J connectivity index is 2.27. The van der Waals surface area contributed by atoms with Crippen LogP contribution in [0.5, 0.6) is 5.75 Å². The van der Waals surface area contributed by atoms with Gasteiger partial charge in [-0.2, -0.15) is 11.8 Å². The number of rotatable bonds is 10. The lowest BCUT2D eigenvalue weighted by atomic mass is 10.2. The maximum atomic E-state index is 11.8. The maximum Gasteiger partial charge on any atom is 0.251 e. The highest BCUT2D eigenvalue weighted by molar-refractivity contribution is 7.99. The lowest BCUT2D eigenvalue weighted by molar-refractivity contribution is 0.0956. The number of hydrogen-bond acceptors (Lipinski definition) is 4. The summed E-state index contributed by atoms with van der Waals surface area (Å²) in [5.74, 6) is 2.41. The zero-order valence-electron chi connectivity index (χ0n) is 11.5. The Kier molecular flexibility index (Phi) is 8.58. The smallest absolute Gasteiger partial charge is 0.251 e. The van der Waals surface area contributed by atoms with Gasteiger partial charge in [0.15, 0.2) is 0 Å². The summed E-state index contributed by atoms with van der Waals surface area (Å²) in [7, 11) is 0. The molecule has 0 atom stereocenters. The van der Waals surface area contributed by atoms with Crippen LogP contribution in [0.1, 0.15) is 16.8 Å². The first-order chi connectivity index (χ1) is 9.77. The highest BCUT2D eigenvalue weighted by Gasteiger charge is 2.04. The molecule has 2 N–H and O–H groups in total. The molecule has 0 aliphatic carbocycles. The van der Waals surface area contributed by atoms with Crippen LogP contribution < -0.4 is 10.1 Å². The molecule has 1 amide bonds. The Hall–Kier alpha value is -1.46. The average Bonchev–Trinajstić information content (AvgIpc) is 2.49. The number of thioether (sulfide) groups is 1. The van der Waals surface area contributed by atoms with Gasteiger partial charge in [0, 0.05) is 24.5 Å². The van der Waals surface area contributed by atoms with E-state index in [1.165, 1.54) is 0 Å². The molecule has 0 saturated heterocycles. The van der Waals surface area contributed by atoms with Crippen LogP contribution in [0.4, 0.5) is 0 Å². The van der Waals surface area contributed by atoms with Gasteiger partial charge in [-0.05, 0) is 36.4 Å². The summed E-state index contributed by atoms with van der Waals surface area (Å²) in [6, 6.07) is 7.03. The molecule has 0 unspecified atom stereocenters. The van der Waals surface area contributed by atoms with Crippen LogP contribution in [-0.2, 0) is 0 Å². The van der Waals surface area contributed by atoms with E-state index in [0.29, 0.717) is 18.7 Å². The Morgan fingerprint density at radius 1 is 1.35 bits per heavy atom. The first kappa shape index (κ1) is 16.6. The molecule has 20 heavy (non-hydrogen) atoms. The molecule has 1 rings (SSSR count). The van der Waals surface area contributed by atoms with E-state index in [1.807, 2.05) is 0 Å². The summed E-state index contributed by atoms with van der Waals surface area (Å²) in [5.41, 5.74) is 0.622. The van der Waals surface area contributed by atoms with E-state index in [4.69, 9.17) is 9.84 Å². The molecular weight excluding hydrogens is 274 g/mol. The minimum Gasteiger partial charge on any atom is -0.490 e. The Morgan fingerprint density at radius 2 is 2.10 bits per heavy atom. The topological polar surface area (TPSA) is 58.6 Å². The van der Waals surface area contributed by atoms with Gasteiger partial charge in [-0.3, -0.25) is 4.79 Å². The van der Waals surface area contributed by atoms with E-state index in [-0.39, 0.29) is 12.5 Å².